The zero-order chi connectivity index (χ0) is 18.5. The molecule has 7 atom stereocenters. The first-order valence-electron chi connectivity index (χ1n) is 9.71. The van der Waals surface area contributed by atoms with Gasteiger partial charge < -0.3 is 20.1 Å². The molecule has 0 aromatic rings. The van der Waals surface area contributed by atoms with Gasteiger partial charge in [0.05, 0.1) is 18.8 Å². The van der Waals surface area contributed by atoms with Crippen LogP contribution in [-0.4, -0.2) is 47.3 Å². The number of methoxy groups -OCH3 is 1. The molecule has 3 aliphatic carbocycles. The Bertz CT molecular complexity index is 578. The van der Waals surface area contributed by atoms with Gasteiger partial charge in [-0.2, -0.15) is 0 Å². The molecule has 142 valence electrons. The SMILES string of the molecule is COC[C@H]1CC[C@@H]2/C1=C/[C@]1(C)C(=C(C(C)C)C[C@@H]1O)[C@@H](O)[C@H](O)[C@@H]2C. The predicted molar refractivity (Wildman–Crippen MR) is 97.9 cm³/mol. The quantitative estimate of drug-likeness (QED) is 0.685. The van der Waals surface area contributed by atoms with Crippen molar-refractivity contribution < 1.29 is 20.1 Å². The van der Waals surface area contributed by atoms with Crippen molar-refractivity contribution in [1.29, 1.82) is 0 Å². The molecule has 0 radical (unpaired) electrons. The topological polar surface area (TPSA) is 69.9 Å². The second-order valence-corrected chi connectivity index (χ2v) is 8.87. The van der Waals surface area contributed by atoms with Crippen LogP contribution in [0, 0.1) is 29.1 Å². The summed E-state index contributed by atoms with van der Waals surface area (Å²) in [5, 5.41) is 32.9. The summed E-state index contributed by atoms with van der Waals surface area (Å²) in [6, 6.07) is 0. The molecule has 3 rings (SSSR count). The third-order valence-electron chi connectivity index (χ3n) is 7.08. The van der Waals surface area contributed by atoms with E-state index in [1.807, 2.05) is 13.8 Å². The zero-order valence-electron chi connectivity index (χ0n) is 16.2. The average Bonchev–Trinajstić information content (AvgIpc) is 3.05. The Kier molecular flexibility index (Phi) is 5.20. The van der Waals surface area contributed by atoms with Gasteiger partial charge in [0.2, 0.25) is 0 Å². The van der Waals surface area contributed by atoms with Gasteiger partial charge in [-0.25, -0.2) is 0 Å². The lowest BCUT2D eigenvalue weighted by atomic mass is 9.68. The van der Waals surface area contributed by atoms with Crippen LogP contribution in [0.15, 0.2) is 22.8 Å². The van der Waals surface area contributed by atoms with Crippen LogP contribution in [-0.2, 0) is 4.74 Å². The van der Waals surface area contributed by atoms with Crippen molar-refractivity contribution >= 4 is 0 Å². The number of ether oxygens (including phenoxy) is 1. The molecule has 0 aliphatic heterocycles. The summed E-state index contributed by atoms with van der Waals surface area (Å²) in [6.07, 6.45) is 2.59. The van der Waals surface area contributed by atoms with E-state index >= 15 is 0 Å². The van der Waals surface area contributed by atoms with Crippen molar-refractivity contribution in [2.24, 2.45) is 29.1 Å². The van der Waals surface area contributed by atoms with Crippen molar-refractivity contribution in [2.75, 3.05) is 13.7 Å². The minimum Gasteiger partial charge on any atom is -0.392 e. The molecule has 3 N–H and O–H groups in total. The Morgan fingerprint density at radius 3 is 2.52 bits per heavy atom. The first-order valence-corrected chi connectivity index (χ1v) is 9.71. The van der Waals surface area contributed by atoms with Gasteiger partial charge in [0.15, 0.2) is 0 Å². The summed E-state index contributed by atoms with van der Waals surface area (Å²) in [5.74, 6) is 0.827. The molecule has 4 nitrogen and oxygen atoms in total. The van der Waals surface area contributed by atoms with Crippen LogP contribution in [0.1, 0.15) is 47.0 Å². The molecule has 0 heterocycles. The molecule has 0 aromatic carbocycles. The molecule has 0 unspecified atom stereocenters. The van der Waals surface area contributed by atoms with Crippen LogP contribution in [0.2, 0.25) is 0 Å². The van der Waals surface area contributed by atoms with E-state index in [2.05, 4.69) is 19.9 Å². The Balaban J connectivity index is 2.18. The highest BCUT2D eigenvalue weighted by Crippen LogP contribution is 2.54. The van der Waals surface area contributed by atoms with Crippen LogP contribution in [0.5, 0.6) is 0 Å². The van der Waals surface area contributed by atoms with E-state index in [9.17, 15) is 15.3 Å². The van der Waals surface area contributed by atoms with Crippen LogP contribution >= 0.6 is 0 Å². The molecule has 0 saturated heterocycles. The van der Waals surface area contributed by atoms with Gasteiger partial charge in [-0.05, 0) is 49.5 Å². The minimum atomic E-state index is -0.908. The number of hydrogen-bond donors (Lipinski definition) is 3. The van der Waals surface area contributed by atoms with Gasteiger partial charge in [0, 0.05) is 18.4 Å². The fraction of sp³-hybridized carbons (Fsp3) is 0.810. The summed E-state index contributed by atoms with van der Waals surface area (Å²) in [4.78, 5) is 0. The maximum Gasteiger partial charge on any atom is 0.102 e. The molecule has 25 heavy (non-hydrogen) atoms. The first kappa shape index (κ1) is 19.1. The van der Waals surface area contributed by atoms with Crippen LogP contribution < -0.4 is 0 Å². The lowest BCUT2D eigenvalue weighted by Crippen LogP contribution is -2.44. The van der Waals surface area contributed by atoms with Crippen LogP contribution in [0.3, 0.4) is 0 Å². The molecule has 1 saturated carbocycles. The highest BCUT2D eigenvalue weighted by atomic mass is 16.5. The Morgan fingerprint density at radius 2 is 1.92 bits per heavy atom. The van der Waals surface area contributed by atoms with E-state index < -0.39 is 23.7 Å². The molecule has 0 bridgehead atoms. The van der Waals surface area contributed by atoms with Gasteiger partial charge in [0.25, 0.3) is 0 Å². The second-order valence-electron chi connectivity index (χ2n) is 8.87. The number of fused-ring (bicyclic) bond motifs is 2. The summed E-state index contributed by atoms with van der Waals surface area (Å²) >= 11 is 0. The maximum absolute atomic E-state index is 11.0. The molecular formula is C21H34O4. The fourth-order valence-electron chi connectivity index (χ4n) is 5.52. The number of hydrogen-bond acceptors (Lipinski definition) is 4. The van der Waals surface area contributed by atoms with E-state index in [1.54, 1.807) is 7.11 Å². The lowest BCUT2D eigenvalue weighted by Gasteiger charge is -2.41. The number of aliphatic hydroxyl groups is 3. The average molecular weight is 350 g/mol. The van der Waals surface area contributed by atoms with Crippen LogP contribution in [0.4, 0.5) is 0 Å². The van der Waals surface area contributed by atoms with Gasteiger partial charge >= 0.3 is 0 Å². The third kappa shape index (κ3) is 2.91. The highest BCUT2D eigenvalue weighted by molar-refractivity contribution is 5.42. The van der Waals surface area contributed by atoms with Crippen molar-refractivity contribution in [2.45, 2.75) is 65.3 Å². The summed E-state index contributed by atoms with van der Waals surface area (Å²) in [6.45, 7) is 8.95. The van der Waals surface area contributed by atoms with E-state index in [0.29, 0.717) is 18.9 Å². The third-order valence-corrected chi connectivity index (χ3v) is 7.08. The summed E-state index contributed by atoms with van der Waals surface area (Å²) in [7, 11) is 1.73. The number of aliphatic hydroxyl groups excluding tert-OH is 3. The summed E-state index contributed by atoms with van der Waals surface area (Å²) in [5.41, 5.74) is 2.66. The highest BCUT2D eigenvalue weighted by Gasteiger charge is 2.52. The molecule has 0 aromatic heterocycles. The molecular weight excluding hydrogens is 316 g/mol. The number of rotatable bonds is 3. The monoisotopic (exact) mass is 350 g/mol. The van der Waals surface area contributed by atoms with E-state index in [0.717, 1.165) is 24.0 Å². The lowest BCUT2D eigenvalue weighted by molar-refractivity contribution is -0.0217. The van der Waals surface area contributed by atoms with Gasteiger partial charge in [-0.3, -0.25) is 0 Å². The van der Waals surface area contributed by atoms with E-state index in [4.69, 9.17) is 4.74 Å². The van der Waals surface area contributed by atoms with Gasteiger partial charge in [-0.15, -0.1) is 0 Å². The Morgan fingerprint density at radius 1 is 1.24 bits per heavy atom. The summed E-state index contributed by atoms with van der Waals surface area (Å²) < 4.78 is 5.43. The predicted octanol–water partition coefficient (Wildman–Crippen LogP) is 2.68. The van der Waals surface area contributed by atoms with Crippen molar-refractivity contribution in [1.82, 2.24) is 0 Å². The van der Waals surface area contributed by atoms with Gasteiger partial charge in [-0.1, -0.05) is 38.0 Å². The van der Waals surface area contributed by atoms with Crippen molar-refractivity contribution in [3.63, 3.8) is 0 Å². The molecule has 0 spiro atoms. The largest absolute Gasteiger partial charge is 0.392 e. The molecule has 4 heteroatoms. The van der Waals surface area contributed by atoms with E-state index in [-0.39, 0.29) is 17.8 Å². The maximum atomic E-state index is 11.0. The van der Waals surface area contributed by atoms with Gasteiger partial charge in [0.1, 0.15) is 6.10 Å². The Hall–Kier alpha value is -0.680. The first-order chi connectivity index (χ1) is 11.7. The second kappa shape index (κ2) is 6.80. The smallest absolute Gasteiger partial charge is 0.102 e. The molecule has 0 amide bonds. The van der Waals surface area contributed by atoms with Crippen molar-refractivity contribution in [3.8, 4) is 0 Å². The van der Waals surface area contributed by atoms with Crippen LogP contribution in [0.25, 0.3) is 0 Å². The Labute approximate surface area is 151 Å². The molecule has 3 aliphatic rings. The molecule has 1 fully saturated rings. The minimum absolute atomic E-state index is 0.00805. The normalized spacial score (nSPS) is 46.5. The standard InChI is InChI=1S/C21H34O4/c1-11(2)15-8-17(22)21(4)9-16-13(10-25-5)6-7-14(16)12(3)19(23)20(24)18(15)21/h9,11-14,17,19-20,22-24H,6-8,10H2,1-5H3/b16-9+/t12-,13-,14+,17+,19-,20-,21+/m1/s1. The van der Waals surface area contributed by atoms with E-state index in [1.165, 1.54) is 5.57 Å². The zero-order valence-corrected chi connectivity index (χ0v) is 16.2. The fourth-order valence-corrected chi connectivity index (χ4v) is 5.52. The van der Waals surface area contributed by atoms with Crippen molar-refractivity contribution in [3.05, 3.63) is 22.8 Å².